The summed E-state index contributed by atoms with van der Waals surface area (Å²) < 4.78 is 0. The van der Waals surface area contributed by atoms with Crippen LogP contribution < -0.4 is 5.32 Å². The van der Waals surface area contributed by atoms with Crippen molar-refractivity contribution in [2.75, 3.05) is 5.32 Å². The quantitative estimate of drug-likeness (QED) is 0.709. The molecule has 0 amide bonds. The Bertz CT molecular complexity index is 328. The first kappa shape index (κ1) is 9.57. The maximum absolute atomic E-state index is 3.60. The molecule has 0 radical (unpaired) electrons. The van der Waals surface area contributed by atoms with Crippen LogP contribution in [0.15, 0.2) is 24.3 Å². The average molecular weight is 189 g/mol. The molecular formula is C13H19N. The first-order valence-corrected chi connectivity index (χ1v) is 5.49. The Morgan fingerprint density at radius 3 is 2.79 bits per heavy atom. The molecule has 1 aromatic carbocycles. The van der Waals surface area contributed by atoms with Gasteiger partial charge in [-0.3, -0.25) is 0 Å². The van der Waals surface area contributed by atoms with Crippen molar-refractivity contribution in [3.63, 3.8) is 0 Å². The Morgan fingerprint density at radius 1 is 1.36 bits per heavy atom. The van der Waals surface area contributed by atoms with Crippen molar-refractivity contribution in [3.8, 4) is 0 Å². The molecule has 0 aliphatic carbocycles. The van der Waals surface area contributed by atoms with Crippen LogP contribution in [0, 0.1) is 0 Å². The smallest absolute Gasteiger partial charge is 0.0379 e. The molecule has 0 spiro atoms. The molecule has 2 rings (SSSR count). The van der Waals surface area contributed by atoms with Crippen LogP contribution in [0.3, 0.4) is 0 Å². The molecule has 0 saturated carbocycles. The van der Waals surface area contributed by atoms with Gasteiger partial charge in [0.2, 0.25) is 0 Å². The minimum atomic E-state index is 0.245. The molecule has 0 bridgehead atoms. The van der Waals surface area contributed by atoms with Crippen LogP contribution in [-0.4, -0.2) is 5.54 Å². The van der Waals surface area contributed by atoms with Gasteiger partial charge in [0.1, 0.15) is 0 Å². The third-order valence-corrected chi connectivity index (χ3v) is 3.12. The number of hydrogen-bond donors (Lipinski definition) is 1. The van der Waals surface area contributed by atoms with E-state index in [2.05, 4.69) is 50.4 Å². The molecule has 76 valence electrons. The Kier molecular flexibility index (Phi) is 2.26. The van der Waals surface area contributed by atoms with E-state index in [4.69, 9.17) is 0 Å². The fraction of sp³-hybridized carbons (Fsp3) is 0.538. The van der Waals surface area contributed by atoms with Gasteiger partial charge in [-0.25, -0.2) is 0 Å². The van der Waals surface area contributed by atoms with E-state index in [0.29, 0.717) is 0 Å². The number of fused-ring (bicyclic) bond motifs is 1. The zero-order chi connectivity index (χ0) is 10.2. The molecule has 14 heavy (non-hydrogen) atoms. The molecule has 1 atom stereocenters. The standard InChI is InChI=1S/C13H19N/c1-4-10-9-13(2,3)14-12-8-6-5-7-11(10)12/h5-8,10,14H,4,9H2,1-3H3/t10-/m1/s1. The maximum atomic E-state index is 3.60. The van der Waals surface area contributed by atoms with Gasteiger partial charge in [0.15, 0.2) is 0 Å². The van der Waals surface area contributed by atoms with Gasteiger partial charge in [0.05, 0.1) is 0 Å². The fourth-order valence-electron chi connectivity index (χ4n) is 2.47. The highest BCUT2D eigenvalue weighted by Crippen LogP contribution is 2.39. The lowest BCUT2D eigenvalue weighted by molar-refractivity contribution is 0.429. The van der Waals surface area contributed by atoms with Crippen molar-refractivity contribution in [2.24, 2.45) is 0 Å². The first-order chi connectivity index (χ1) is 6.62. The van der Waals surface area contributed by atoms with E-state index >= 15 is 0 Å². The molecule has 0 aromatic heterocycles. The largest absolute Gasteiger partial charge is 0.380 e. The van der Waals surface area contributed by atoms with Crippen molar-refractivity contribution in [2.45, 2.75) is 45.1 Å². The summed E-state index contributed by atoms with van der Waals surface area (Å²) in [4.78, 5) is 0. The third-order valence-electron chi connectivity index (χ3n) is 3.12. The summed E-state index contributed by atoms with van der Waals surface area (Å²) in [5.41, 5.74) is 3.07. The van der Waals surface area contributed by atoms with E-state index in [1.807, 2.05) is 0 Å². The maximum Gasteiger partial charge on any atom is 0.0379 e. The molecule has 1 nitrogen and oxygen atoms in total. The highest BCUT2D eigenvalue weighted by molar-refractivity contribution is 5.56. The molecule has 1 aliphatic heterocycles. The minimum Gasteiger partial charge on any atom is -0.380 e. The zero-order valence-electron chi connectivity index (χ0n) is 9.30. The Morgan fingerprint density at radius 2 is 2.07 bits per heavy atom. The Hall–Kier alpha value is -0.980. The van der Waals surface area contributed by atoms with E-state index in [1.165, 1.54) is 24.1 Å². The fourth-order valence-corrected chi connectivity index (χ4v) is 2.47. The van der Waals surface area contributed by atoms with Crippen molar-refractivity contribution < 1.29 is 0 Å². The molecule has 1 aromatic rings. The van der Waals surface area contributed by atoms with Crippen molar-refractivity contribution in [1.29, 1.82) is 0 Å². The lowest BCUT2D eigenvalue weighted by Crippen LogP contribution is -2.37. The monoisotopic (exact) mass is 189 g/mol. The van der Waals surface area contributed by atoms with Gasteiger partial charge >= 0.3 is 0 Å². The number of benzene rings is 1. The van der Waals surface area contributed by atoms with Crippen LogP contribution in [0.4, 0.5) is 5.69 Å². The predicted octanol–water partition coefficient (Wildman–Crippen LogP) is 3.77. The predicted molar refractivity (Wildman–Crippen MR) is 61.8 cm³/mol. The van der Waals surface area contributed by atoms with E-state index < -0.39 is 0 Å². The van der Waals surface area contributed by atoms with E-state index in [-0.39, 0.29) is 5.54 Å². The number of rotatable bonds is 1. The third kappa shape index (κ3) is 1.63. The summed E-state index contributed by atoms with van der Waals surface area (Å²) in [5.74, 6) is 0.724. The van der Waals surface area contributed by atoms with Gasteiger partial charge in [0, 0.05) is 11.2 Å². The number of hydrogen-bond acceptors (Lipinski definition) is 1. The lowest BCUT2D eigenvalue weighted by atomic mass is 9.80. The Labute approximate surface area is 86.5 Å². The average Bonchev–Trinajstić information content (AvgIpc) is 2.15. The zero-order valence-corrected chi connectivity index (χ0v) is 9.30. The van der Waals surface area contributed by atoms with Gasteiger partial charge in [-0.1, -0.05) is 25.1 Å². The van der Waals surface area contributed by atoms with Gasteiger partial charge < -0.3 is 5.32 Å². The van der Waals surface area contributed by atoms with Gasteiger partial charge in [0.25, 0.3) is 0 Å². The molecule has 0 fully saturated rings. The minimum absolute atomic E-state index is 0.245. The van der Waals surface area contributed by atoms with Gasteiger partial charge in [-0.05, 0) is 44.2 Å². The van der Waals surface area contributed by atoms with Crippen LogP contribution in [0.2, 0.25) is 0 Å². The summed E-state index contributed by atoms with van der Waals surface area (Å²) in [6.07, 6.45) is 2.47. The molecule has 1 heteroatoms. The highest BCUT2D eigenvalue weighted by atomic mass is 15.0. The Balaban J connectivity index is 2.41. The SMILES string of the molecule is CC[C@@H]1CC(C)(C)Nc2ccccc21. The van der Waals surface area contributed by atoms with Crippen LogP contribution >= 0.6 is 0 Å². The van der Waals surface area contributed by atoms with Crippen LogP contribution in [0.1, 0.15) is 45.1 Å². The second kappa shape index (κ2) is 3.30. The summed E-state index contributed by atoms with van der Waals surface area (Å²) >= 11 is 0. The van der Waals surface area contributed by atoms with Crippen LogP contribution in [0.5, 0.6) is 0 Å². The normalized spacial score (nSPS) is 23.8. The number of para-hydroxylation sites is 1. The van der Waals surface area contributed by atoms with Crippen LogP contribution in [-0.2, 0) is 0 Å². The second-order valence-electron chi connectivity index (χ2n) is 4.91. The topological polar surface area (TPSA) is 12.0 Å². The van der Waals surface area contributed by atoms with E-state index in [9.17, 15) is 0 Å². The van der Waals surface area contributed by atoms with Gasteiger partial charge in [-0.2, -0.15) is 0 Å². The number of anilines is 1. The second-order valence-corrected chi connectivity index (χ2v) is 4.91. The van der Waals surface area contributed by atoms with Crippen molar-refractivity contribution in [3.05, 3.63) is 29.8 Å². The molecule has 1 heterocycles. The summed E-state index contributed by atoms with van der Waals surface area (Å²) in [6, 6.07) is 8.70. The molecule has 1 aliphatic rings. The number of nitrogens with one attached hydrogen (secondary N) is 1. The van der Waals surface area contributed by atoms with Gasteiger partial charge in [-0.15, -0.1) is 0 Å². The molecule has 0 saturated heterocycles. The van der Waals surface area contributed by atoms with Crippen molar-refractivity contribution >= 4 is 5.69 Å². The van der Waals surface area contributed by atoms with Crippen molar-refractivity contribution in [1.82, 2.24) is 0 Å². The van der Waals surface area contributed by atoms with Crippen LogP contribution in [0.25, 0.3) is 0 Å². The lowest BCUT2D eigenvalue weighted by Gasteiger charge is -2.38. The molecule has 1 N–H and O–H groups in total. The first-order valence-electron chi connectivity index (χ1n) is 5.49. The molecular weight excluding hydrogens is 170 g/mol. The van der Waals surface area contributed by atoms with E-state index in [1.54, 1.807) is 0 Å². The summed E-state index contributed by atoms with van der Waals surface area (Å²) in [5, 5.41) is 3.60. The van der Waals surface area contributed by atoms with E-state index in [0.717, 1.165) is 5.92 Å². The summed E-state index contributed by atoms with van der Waals surface area (Å²) in [7, 11) is 0. The summed E-state index contributed by atoms with van der Waals surface area (Å²) in [6.45, 7) is 6.85. The molecule has 0 unspecified atom stereocenters. The highest BCUT2D eigenvalue weighted by Gasteiger charge is 2.29.